The van der Waals surface area contributed by atoms with Crippen LogP contribution in [0, 0.1) is 11.8 Å². The van der Waals surface area contributed by atoms with E-state index < -0.39 is 0 Å². The van der Waals surface area contributed by atoms with Crippen LogP contribution < -0.4 is 0 Å². The van der Waals surface area contributed by atoms with Crippen LogP contribution in [0.1, 0.15) is 59.3 Å². The van der Waals surface area contributed by atoms with E-state index in [0.717, 1.165) is 31.6 Å². The van der Waals surface area contributed by atoms with Crippen LogP contribution in [-0.4, -0.2) is 30.3 Å². The maximum Gasteiger partial charge on any atom is 0.156 e. The van der Waals surface area contributed by atoms with E-state index in [2.05, 4.69) is 39.8 Å². The molecule has 1 aliphatic rings. The van der Waals surface area contributed by atoms with Crippen molar-refractivity contribution in [2.75, 3.05) is 14.1 Å². The van der Waals surface area contributed by atoms with Crippen molar-refractivity contribution in [1.82, 2.24) is 4.90 Å². The monoisotopic (exact) mass is 239 g/mol. The van der Waals surface area contributed by atoms with E-state index in [4.69, 9.17) is 0 Å². The summed E-state index contributed by atoms with van der Waals surface area (Å²) < 4.78 is 0. The molecule has 0 aromatic heterocycles. The lowest BCUT2D eigenvalue weighted by molar-refractivity contribution is -0.136. The molecule has 0 saturated heterocycles. The van der Waals surface area contributed by atoms with Crippen LogP contribution >= 0.6 is 0 Å². The maximum absolute atomic E-state index is 12.8. The molecule has 1 saturated carbocycles. The Bertz CT molecular complexity index is 248. The molecule has 2 heteroatoms. The topological polar surface area (TPSA) is 20.3 Å². The van der Waals surface area contributed by atoms with E-state index in [9.17, 15) is 4.79 Å². The third-order valence-electron chi connectivity index (χ3n) is 4.77. The Morgan fingerprint density at radius 2 is 1.71 bits per heavy atom. The highest BCUT2D eigenvalue weighted by molar-refractivity contribution is 5.90. The predicted octanol–water partition coefficient (Wildman–Crippen LogP) is 3.50. The van der Waals surface area contributed by atoms with Gasteiger partial charge >= 0.3 is 0 Å². The third-order valence-corrected chi connectivity index (χ3v) is 4.77. The first kappa shape index (κ1) is 14.7. The van der Waals surface area contributed by atoms with Crippen LogP contribution in [0.2, 0.25) is 0 Å². The van der Waals surface area contributed by atoms with Gasteiger partial charge in [-0.05, 0) is 58.5 Å². The van der Waals surface area contributed by atoms with Crippen molar-refractivity contribution in [3.63, 3.8) is 0 Å². The second-order valence-corrected chi connectivity index (χ2v) is 5.99. The lowest BCUT2D eigenvalue weighted by Gasteiger charge is -2.44. The molecule has 0 bridgehead atoms. The molecule has 0 aromatic rings. The van der Waals surface area contributed by atoms with Crippen LogP contribution in [0.25, 0.3) is 0 Å². The van der Waals surface area contributed by atoms with Gasteiger partial charge in [0.15, 0.2) is 5.78 Å². The Labute approximate surface area is 107 Å². The number of likely N-dealkylation sites (N-methyl/N-ethyl adjacent to an activating group) is 1. The molecule has 1 fully saturated rings. The Balaban J connectivity index is 2.88. The third kappa shape index (κ3) is 2.90. The molecule has 0 amide bonds. The minimum absolute atomic E-state index is 0.163. The molecule has 0 unspecified atom stereocenters. The number of Topliss-reactive ketones (excluding diaryl/α,β-unsaturated/α-hetero) is 1. The second kappa shape index (κ2) is 5.99. The molecule has 0 radical (unpaired) electrons. The van der Waals surface area contributed by atoms with Gasteiger partial charge in [0.05, 0.1) is 5.54 Å². The van der Waals surface area contributed by atoms with E-state index in [1.807, 2.05) is 0 Å². The number of carbonyl (C=O) groups excluding carboxylic acids is 1. The first-order chi connectivity index (χ1) is 7.97. The number of rotatable bonds is 5. The minimum atomic E-state index is -0.163. The molecule has 100 valence electrons. The SMILES string of the molecule is CCC(CC)C(=O)C1(N(C)C)CCC(C)CC1. The van der Waals surface area contributed by atoms with Gasteiger partial charge in [0.1, 0.15) is 0 Å². The highest BCUT2D eigenvalue weighted by Crippen LogP contribution is 2.38. The molecule has 0 spiro atoms. The fourth-order valence-electron chi connectivity index (χ4n) is 3.19. The van der Waals surface area contributed by atoms with Crippen LogP contribution in [0.4, 0.5) is 0 Å². The zero-order valence-electron chi connectivity index (χ0n) is 12.3. The quantitative estimate of drug-likeness (QED) is 0.732. The molecule has 0 aromatic carbocycles. The fraction of sp³-hybridized carbons (Fsp3) is 0.933. The first-order valence-electron chi connectivity index (χ1n) is 7.19. The number of hydrogen-bond donors (Lipinski definition) is 0. The second-order valence-electron chi connectivity index (χ2n) is 5.99. The summed E-state index contributed by atoms with van der Waals surface area (Å²) in [6, 6.07) is 0. The van der Waals surface area contributed by atoms with Gasteiger partial charge in [0.25, 0.3) is 0 Å². The fourth-order valence-corrected chi connectivity index (χ4v) is 3.19. The number of hydrogen-bond acceptors (Lipinski definition) is 2. The summed E-state index contributed by atoms with van der Waals surface area (Å²) in [5.74, 6) is 1.54. The van der Waals surface area contributed by atoms with Crippen LogP contribution in [0.15, 0.2) is 0 Å². The van der Waals surface area contributed by atoms with E-state index in [1.54, 1.807) is 0 Å². The molecule has 1 rings (SSSR count). The lowest BCUT2D eigenvalue weighted by atomic mass is 9.70. The Hall–Kier alpha value is -0.370. The average molecular weight is 239 g/mol. The molecule has 0 N–H and O–H groups in total. The predicted molar refractivity (Wildman–Crippen MR) is 73.1 cm³/mol. The van der Waals surface area contributed by atoms with Gasteiger partial charge in [0.2, 0.25) is 0 Å². The van der Waals surface area contributed by atoms with Crippen LogP contribution in [0.3, 0.4) is 0 Å². The number of ketones is 1. The van der Waals surface area contributed by atoms with Gasteiger partial charge in [-0.2, -0.15) is 0 Å². The minimum Gasteiger partial charge on any atom is -0.297 e. The summed E-state index contributed by atoms with van der Waals surface area (Å²) in [5, 5.41) is 0. The molecule has 0 heterocycles. The molecule has 0 atom stereocenters. The average Bonchev–Trinajstić information content (AvgIpc) is 2.31. The van der Waals surface area contributed by atoms with Crippen molar-refractivity contribution in [3.05, 3.63) is 0 Å². The summed E-state index contributed by atoms with van der Waals surface area (Å²) >= 11 is 0. The Morgan fingerprint density at radius 3 is 2.06 bits per heavy atom. The molecule has 17 heavy (non-hydrogen) atoms. The molecular formula is C15H29NO. The Kier molecular flexibility index (Phi) is 5.18. The summed E-state index contributed by atoms with van der Waals surface area (Å²) in [4.78, 5) is 15.0. The molecule has 0 aliphatic heterocycles. The van der Waals surface area contributed by atoms with Gasteiger partial charge < -0.3 is 0 Å². The standard InChI is InChI=1S/C15H29NO/c1-6-13(7-2)14(17)15(16(4)5)10-8-12(3)9-11-15/h12-13H,6-11H2,1-5H3. The van der Waals surface area contributed by atoms with E-state index in [-0.39, 0.29) is 11.5 Å². The van der Waals surface area contributed by atoms with Gasteiger partial charge in [-0.25, -0.2) is 0 Å². The first-order valence-corrected chi connectivity index (χ1v) is 7.19. The van der Waals surface area contributed by atoms with Crippen LogP contribution in [-0.2, 0) is 4.79 Å². The zero-order chi connectivity index (χ0) is 13.1. The summed E-state index contributed by atoms with van der Waals surface area (Å²) in [7, 11) is 4.16. The number of carbonyl (C=O) groups is 1. The van der Waals surface area contributed by atoms with Gasteiger partial charge in [-0.15, -0.1) is 0 Å². The van der Waals surface area contributed by atoms with E-state index in [0.29, 0.717) is 5.78 Å². The van der Waals surface area contributed by atoms with E-state index >= 15 is 0 Å². The van der Waals surface area contributed by atoms with Crippen molar-refractivity contribution in [3.8, 4) is 0 Å². The summed E-state index contributed by atoms with van der Waals surface area (Å²) in [5.41, 5.74) is -0.163. The van der Waals surface area contributed by atoms with Crippen molar-refractivity contribution >= 4 is 5.78 Å². The van der Waals surface area contributed by atoms with Crippen LogP contribution in [0.5, 0.6) is 0 Å². The zero-order valence-corrected chi connectivity index (χ0v) is 12.3. The van der Waals surface area contributed by atoms with Gasteiger partial charge in [-0.3, -0.25) is 9.69 Å². The highest BCUT2D eigenvalue weighted by atomic mass is 16.1. The van der Waals surface area contributed by atoms with Crippen molar-refractivity contribution in [2.45, 2.75) is 64.8 Å². The maximum atomic E-state index is 12.8. The van der Waals surface area contributed by atoms with Crippen molar-refractivity contribution < 1.29 is 4.79 Å². The van der Waals surface area contributed by atoms with Crippen molar-refractivity contribution in [1.29, 1.82) is 0 Å². The largest absolute Gasteiger partial charge is 0.297 e. The lowest BCUT2D eigenvalue weighted by Crippen LogP contribution is -2.55. The van der Waals surface area contributed by atoms with Gasteiger partial charge in [-0.1, -0.05) is 20.8 Å². The Morgan fingerprint density at radius 1 is 1.24 bits per heavy atom. The molecular weight excluding hydrogens is 210 g/mol. The molecule has 1 aliphatic carbocycles. The van der Waals surface area contributed by atoms with Crippen molar-refractivity contribution in [2.24, 2.45) is 11.8 Å². The normalized spacial score (nSPS) is 29.9. The smallest absolute Gasteiger partial charge is 0.156 e. The van der Waals surface area contributed by atoms with E-state index in [1.165, 1.54) is 12.8 Å². The molecule has 2 nitrogen and oxygen atoms in total. The summed E-state index contributed by atoms with van der Waals surface area (Å²) in [6.45, 7) is 6.59. The highest BCUT2D eigenvalue weighted by Gasteiger charge is 2.44. The van der Waals surface area contributed by atoms with Gasteiger partial charge in [0, 0.05) is 5.92 Å². The summed E-state index contributed by atoms with van der Waals surface area (Å²) in [6.07, 6.45) is 6.47. The number of nitrogens with zero attached hydrogens (tertiary/aromatic N) is 1.